The molecule has 3 rings (SSSR count). The Morgan fingerprint density at radius 2 is 1.92 bits per heavy atom. The molecule has 0 aliphatic rings. The second-order valence-electron chi connectivity index (χ2n) is 6.09. The summed E-state index contributed by atoms with van der Waals surface area (Å²) in [6.07, 6.45) is 4.06. The number of benzene rings is 2. The fourth-order valence-corrected chi connectivity index (χ4v) is 3.24. The van der Waals surface area contributed by atoms with Gasteiger partial charge in [-0.15, -0.1) is 11.8 Å². The van der Waals surface area contributed by atoms with Gasteiger partial charge in [-0.25, -0.2) is 4.79 Å². The fourth-order valence-electron chi connectivity index (χ4n) is 2.78. The van der Waals surface area contributed by atoms with Gasteiger partial charge in [0.25, 0.3) is 0 Å². The summed E-state index contributed by atoms with van der Waals surface area (Å²) in [5.74, 6) is 0. The lowest BCUT2D eigenvalue weighted by molar-refractivity contribution is 0.251. The Hall–Kier alpha value is -2.66. The fraction of sp³-hybridized carbons (Fsp3) is 0.190. The molecule has 134 valence electrons. The molecule has 5 heteroatoms. The van der Waals surface area contributed by atoms with E-state index in [-0.39, 0.29) is 6.03 Å². The molecule has 26 heavy (non-hydrogen) atoms. The van der Waals surface area contributed by atoms with Crippen LogP contribution in [0.4, 0.5) is 10.5 Å². The average Bonchev–Trinajstić information content (AvgIpc) is 3.09. The third kappa shape index (κ3) is 4.70. The van der Waals surface area contributed by atoms with Crippen molar-refractivity contribution in [3.63, 3.8) is 0 Å². The topological polar surface area (TPSA) is 46.1 Å². The minimum atomic E-state index is -0.202. The van der Waals surface area contributed by atoms with E-state index in [9.17, 15) is 4.79 Å². The molecular formula is C21H23N3OS. The van der Waals surface area contributed by atoms with Crippen LogP contribution in [0.15, 0.2) is 71.8 Å². The minimum absolute atomic E-state index is 0.202. The Bertz CT molecular complexity index is 888. The van der Waals surface area contributed by atoms with Gasteiger partial charge in [0.2, 0.25) is 0 Å². The predicted molar refractivity (Wildman–Crippen MR) is 109 cm³/mol. The van der Waals surface area contributed by atoms with Gasteiger partial charge in [-0.3, -0.25) is 0 Å². The number of aromatic nitrogens is 1. The van der Waals surface area contributed by atoms with Crippen LogP contribution in [0, 0.1) is 6.92 Å². The van der Waals surface area contributed by atoms with Crippen LogP contribution in [0.3, 0.4) is 0 Å². The standard InChI is InChI=1S/C21H23N3OS/c1-16-7-3-4-8-17(16)15-24-12-6-10-19(24)14-22-21(25)23-18-9-5-11-20(13-18)26-2/h3-13H,14-15H2,1-2H3,(H2,22,23,25). The zero-order valence-corrected chi connectivity index (χ0v) is 15.8. The van der Waals surface area contributed by atoms with Crippen molar-refractivity contribution in [3.8, 4) is 0 Å². The smallest absolute Gasteiger partial charge is 0.319 e. The summed E-state index contributed by atoms with van der Waals surface area (Å²) in [4.78, 5) is 13.3. The molecule has 0 fully saturated rings. The zero-order valence-electron chi connectivity index (χ0n) is 15.0. The van der Waals surface area contributed by atoms with E-state index in [2.05, 4.69) is 40.3 Å². The van der Waals surface area contributed by atoms with Crippen LogP contribution in [0.25, 0.3) is 0 Å². The van der Waals surface area contributed by atoms with Gasteiger partial charge >= 0.3 is 6.03 Å². The summed E-state index contributed by atoms with van der Waals surface area (Å²) in [5, 5.41) is 5.82. The van der Waals surface area contributed by atoms with Crippen molar-refractivity contribution in [2.24, 2.45) is 0 Å². The summed E-state index contributed by atoms with van der Waals surface area (Å²) in [6.45, 7) is 3.40. The van der Waals surface area contributed by atoms with E-state index in [1.165, 1.54) is 11.1 Å². The Morgan fingerprint density at radius 1 is 1.08 bits per heavy atom. The quantitative estimate of drug-likeness (QED) is 0.611. The average molecular weight is 366 g/mol. The molecule has 0 spiro atoms. The summed E-state index contributed by atoms with van der Waals surface area (Å²) >= 11 is 1.65. The summed E-state index contributed by atoms with van der Waals surface area (Å²) in [7, 11) is 0. The lowest BCUT2D eigenvalue weighted by atomic mass is 10.1. The predicted octanol–water partition coefficient (Wildman–Crippen LogP) is 4.89. The number of rotatable bonds is 6. The highest BCUT2D eigenvalue weighted by Gasteiger charge is 2.07. The van der Waals surface area contributed by atoms with E-state index in [0.717, 1.165) is 22.8 Å². The first-order valence-corrected chi connectivity index (χ1v) is 9.75. The van der Waals surface area contributed by atoms with E-state index in [1.807, 2.05) is 54.9 Å². The van der Waals surface area contributed by atoms with Crippen molar-refractivity contribution in [2.75, 3.05) is 11.6 Å². The number of thioether (sulfide) groups is 1. The third-order valence-electron chi connectivity index (χ3n) is 4.28. The number of carbonyl (C=O) groups is 1. The minimum Gasteiger partial charge on any atom is -0.345 e. The van der Waals surface area contributed by atoms with Crippen molar-refractivity contribution < 1.29 is 4.79 Å². The van der Waals surface area contributed by atoms with Crippen LogP contribution in [0.2, 0.25) is 0 Å². The number of hydrogen-bond donors (Lipinski definition) is 2. The molecule has 0 atom stereocenters. The first kappa shape index (κ1) is 18.1. The molecule has 3 aromatic rings. The van der Waals surface area contributed by atoms with Crippen molar-refractivity contribution in [3.05, 3.63) is 83.7 Å². The van der Waals surface area contributed by atoms with Gasteiger partial charge in [0.15, 0.2) is 0 Å². The van der Waals surface area contributed by atoms with Crippen molar-refractivity contribution in [1.29, 1.82) is 0 Å². The highest BCUT2D eigenvalue weighted by atomic mass is 32.2. The Morgan fingerprint density at radius 3 is 2.73 bits per heavy atom. The van der Waals surface area contributed by atoms with Crippen LogP contribution >= 0.6 is 11.8 Å². The molecule has 4 nitrogen and oxygen atoms in total. The molecule has 0 saturated carbocycles. The zero-order chi connectivity index (χ0) is 18.4. The number of hydrogen-bond acceptors (Lipinski definition) is 2. The monoisotopic (exact) mass is 365 g/mol. The molecule has 0 aliphatic heterocycles. The molecular weight excluding hydrogens is 342 g/mol. The van der Waals surface area contributed by atoms with E-state index < -0.39 is 0 Å². The number of urea groups is 1. The number of amides is 2. The molecule has 2 aromatic carbocycles. The Labute approximate surface area is 158 Å². The van der Waals surface area contributed by atoms with Gasteiger partial charge in [-0.1, -0.05) is 30.3 Å². The van der Waals surface area contributed by atoms with E-state index in [0.29, 0.717) is 6.54 Å². The number of carbonyl (C=O) groups excluding carboxylic acids is 1. The maximum atomic E-state index is 12.2. The molecule has 2 amide bonds. The first-order valence-electron chi connectivity index (χ1n) is 8.53. The molecule has 2 N–H and O–H groups in total. The molecule has 0 saturated heterocycles. The summed E-state index contributed by atoms with van der Waals surface area (Å²) in [5.41, 5.74) is 4.42. The lowest BCUT2D eigenvalue weighted by Crippen LogP contribution is -2.29. The number of anilines is 1. The van der Waals surface area contributed by atoms with Gasteiger partial charge in [-0.2, -0.15) is 0 Å². The van der Waals surface area contributed by atoms with Crippen molar-refractivity contribution >= 4 is 23.5 Å². The number of nitrogens with one attached hydrogen (secondary N) is 2. The number of nitrogens with zero attached hydrogens (tertiary/aromatic N) is 1. The van der Waals surface area contributed by atoms with Crippen molar-refractivity contribution in [2.45, 2.75) is 24.9 Å². The molecule has 1 aromatic heterocycles. The second kappa shape index (κ2) is 8.63. The van der Waals surface area contributed by atoms with E-state index >= 15 is 0 Å². The van der Waals surface area contributed by atoms with E-state index in [1.54, 1.807) is 11.8 Å². The van der Waals surface area contributed by atoms with Crippen LogP contribution < -0.4 is 10.6 Å². The summed E-state index contributed by atoms with van der Waals surface area (Å²) < 4.78 is 2.16. The van der Waals surface area contributed by atoms with Gasteiger partial charge < -0.3 is 15.2 Å². The van der Waals surface area contributed by atoms with Crippen LogP contribution in [0.1, 0.15) is 16.8 Å². The molecule has 0 unspecified atom stereocenters. The van der Waals surface area contributed by atoms with Crippen LogP contribution in [-0.4, -0.2) is 16.9 Å². The largest absolute Gasteiger partial charge is 0.345 e. The van der Waals surface area contributed by atoms with Crippen molar-refractivity contribution in [1.82, 2.24) is 9.88 Å². The molecule has 0 bridgehead atoms. The highest BCUT2D eigenvalue weighted by Crippen LogP contribution is 2.19. The Kier molecular flexibility index (Phi) is 6.02. The van der Waals surface area contributed by atoms with Gasteiger partial charge in [0.1, 0.15) is 0 Å². The highest BCUT2D eigenvalue weighted by molar-refractivity contribution is 7.98. The maximum Gasteiger partial charge on any atom is 0.319 e. The molecule has 0 aliphatic carbocycles. The first-order chi connectivity index (χ1) is 12.7. The molecule has 1 heterocycles. The van der Waals surface area contributed by atoms with Crippen LogP contribution in [-0.2, 0) is 13.1 Å². The summed E-state index contributed by atoms with van der Waals surface area (Å²) in [6, 6.07) is 20.0. The SMILES string of the molecule is CSc1cccc(NC(=O)NCc2cccn2Cc2ccccc2C)c1. The number of aryl methyl sites for hydroxylation is 1. The maximum absolute atomic E-state index is 12.2. The van der Waals surface area contributed by atoms with Gasteiger partial charge in [0.05, 0.1) is 6.54 Å². The Balaban J connectivity index is 1.59. The third-order valence-corrected chi connectivity index (χ3v) is 5.01. The van der Waals surface area contributed by atoms with Gasteiger partial charge in [-0.05, 0) is 54.6 Å². The second-order valence-corrected chi connectivity index (χ2v) is 6.97. The normalized spacial score (nSPS) is 10.5. The molecule has 0 radical (unpaired) electrons. The van der Waals surface area contributed by atoms with E-state index in [4.69, 9.17) is 0 Å². The van der Waals surface area contributed by atoms with Crippen LogP contribution in [0.5, 0.6) is 0 Å². The van der Waals surface area contributed by atoms with Gasteiger partial charge in [0, 0.05) is 29.0 Å². The lowest BCUT2D eigenvalue weighted by Gasteiger charge is -2.13.